The van der Waals surface area contributed by atoms with E-state index < -0.39 is 42.8 Å². The van der Waals surface area contributed by atoms with Crippen LogP contribution in [-0.2, 0) is 22.6 Å². The van der Waals surface area contributed by atoms with Crippen LogP contribution in [0, 0.1) is 5.82 Å². The van der Waals surface area contributed by atoms with Gasteiger partial charge in [0.15, 0.2) is 5.82 Å². The van der Waals surface area contributed by atoms with Gasteiger partial charge in [0.1, 0.15) is 6.67 Å². The number of ether oxygens (including phenoxy) is 2. The van der Waals surface area contributed by atoms with E-state index in [0.717, 1.165) is 7.11 Å². The molecule has 0 aliphatic heterocycles. The third-order valence-electron chi connectivity index (χ3n) is 2.01. The first kappa shape index (κ1) is 15.1. The van der Waals surface area contributed by atoms with Crippen LogP contribution in [0.25, 0.3) is 0 Å². The highest BCUT2D eigenvalue weighted by Crippen LogP contribution is 2.26. The third-order valence-corrected chi connectivity index (χ3v) is 2.01. The zero-order valence-corrected chi connectivity index (χ0v) is 9.55. The molecule has 0 aliphatic rings. The van der Waals surface area contributed by atoms with Crippen LogP contribution in [0.5, 0.6) is 5.88 Å². The number of halogens is 5. The van der Waals surface area contributed by atoms with Crippen LogP contribution in [-0.4, -0.2) is 24.4 Å². The van der Waals surface area contributed by atoms with E-state index in [1.54, 1.807) is 0 Å². The predicted molar refractivity (Wildman–Crippen MR) is 51.4 cm³/mol. The SMILES string of the molecule is COC(=O)Cc1cc(F)c(OC(F)(F)F)nc1CF. The number of rotatable bonds is 4. The molecule has 0 saturated carbocycles. The van der Waals surface area contributed by atoms with Gasteiger partial charge in [0.2, 0.25) is 0 Å². The maximum Gasteiger partial charge on any atom is 0.574 e. The summed E-state index contributed by atoms with van der Waals surface area (Å²) in [5, 5.41) is 0. The van der Waals surface area contributed by atoms with Crippen LogP contribution in [0.4, 0.5) is 22.0 Å². The van der Waals surface area contributed by atoms with Crippen molar-refractivity contribution in [3.8, 4) is 5.88 Å². The lowest BCUT2D eigenvalue weighted by molar-refractivity contribution is -0.277. The molecule has 1 rings (SSSR count). The second-order valence-electron chi connectivity index (χ2n) is 3.32. The van der Waals surface area contributed by atoms with Crippen molar-refractivity contribution in [3.63, 3.8) is 0 Å². The highest BCUT2D eigenvalue weighted by molar-refractivity contribution is 5.72. The Kier molecular flexibility index (Phi) is 4.62. The molecule has 0 bridgehead atoms. The molecule has 1 aromatic rings. The second kappa shape index (κ2) is 5.81. The van der Waals surface area contributed by atoms with E-state index in [-0.39, 0.29) is 5.56 Å². The van der Waals surface area contributed by atoms with Gasteiger partial charge in [0.25, 0.3) is 5.88 Å². The van der Waals surface area contributed by atoms with Crippen molar-refractivity contribution < 1.29 is 36.2 Å². The summed E-state index contributed by atoms with van der Waals surface area (Å²) in [6.07, 6.45) is -5.66. The van der Waals surface area contributed by atoms with Crippen LogP contribution in [0.3, 0.4) is 0 Å². The number of esters is 1. The Bertz CT molecular complexity index is 475. The van der Waals surface area contributed by atoms with Gasteiger partial charge < -0.3 is 9.47 Å². The quantitative estimate of drug-likeness (QED) is 0.629. The Hall–Kier alpha value is -1.93. The van der Waals surface area contributed by atoms with Crippen molar-refractivity contribution in [2.75, 3.05) is 7.11 Å². The summed E-state index contributed by atoms with van der Waals surface area (Å²) >= 11 is 0. The normalized spacial score (nSPS) is 11.3. The Morgan fingerprint density at radius 1 is 1.42 bits per heavy atom. The summed E-state index contributed by atoms with van der Waals surface area (Å²) < 4.78 is 69.3. The van der Waals surface area contributed by atoms with Gasteiger partial charge in [-0.1, -0.05) is 0 Å². The maximum absolute atomic E-state index is 13.3. The molecule has 0 N–H and O–H groups in total. The van der Waals surface area contributed by atoms with Crippen LogP contribution in [0.15, 0.2) is 6.07 Å². The molecule has 0 atom stereocenters. The number of hydrogen-bond acceptors (Lipinski definition) is 4. The van der Waals surface area contributed by atoms with Crippen molar-refractivity contribution in [1.82, 2.24) is 4.98 Å². The standard InChI is InChI=1S/C10H8F5NO3/c1-18-8(17)3-5-2-6(12)9(16-7(5)4-11)19-10(13,14)15/h2H,3-4H2,1H3. The smallest absolute Gasteiger partial charge is 0.469 e. The van der Waals surface area contributed by atoms with E-state index in [9.17, 15) is 26.7 Å². The fourth-order valence-electron chi connectivity index (χ4n) is 1.22. The molecule has 0 radical (unpaired) electrons. The van der Waals surface area contributed by atoms with Crippen molar-refractivity contribution in [1.29, 1.82) is 0 Å². The van der Waals surface area contributed by atoms with Crippen LogP contribution in [0.1, 0.15) is 11.3 Å². The van der Waals surface area contributed by atoms with Gasteiger partial charge in [-0.25, -0.2) is 13.8 Å². The molecular weight excluding hydrogens is 277 g/mol. The lowest BCUT2D eigenvalue weighted by atomic mass is 10.1. The van der Waals surface area contributed by atoms with Gasteiger partial charge in [0.05, 0.1) is 19.2 Å². The molecule has 0 fully saturated rings. The van der Waals surface area contributed by atoms with Crippen molar-refractivity contribution in [3.05, 3.63) is 23.1 Å². The minimum atomic E-state index is -5.15. The van der Waals surface area contributed by atoms with Crippen LogP contribution in [0.2, 0.25) is 0 Å². The molecule has 0 aliphatic carbocycles. The Labute approximate surface area is 104 Å². The number of hydrogen-bond donors (Lipinski definition) is 0. The topological polar surface area (TPSA) is 48.4 Å². The fourth-order valence-corrected chi connectivity index (χ4v) is 1.22. The summed E-state index contributed by atoms with van der Waals surface area (Å²) in [5.41, 5.74) is -0.729. The minimum Gasteiger partial charge on any atom is -0.469 e. The average molecular weight is 285 g/mol. The first-order valence-electron chi connectivity index (χ1n) is 4.83. The van der Waals surface area contributed by atoms with Crippen molar-refractivity contribution in [2.45, 2.75) is 19.5 Å². The largest absolute Gasteiger partial charge is 0.574 e. The Morgan fingerprint density at radius 2 is 2.05 bits per heavy atom. The summed E-state index contributed by atoms with van der Waals surface area (Å²) in [6, 6.07) is 0.555. The van der Waals surface area contributed by atoms with E-state index in [2.05, 4.69) is 14.5 Å². The lowest BCUT2D eigenvalue weighted by Crippen LogP contribution is -2.20. The second-order valence-corrected chi connectivity index (χ2v) is 3.32. The molecule has 0 spiro atoms. The first-order chi connectivity index (χ1) is 8.76. The molecule has 0 unspecified atom stereocenters. The zero-order valence-electron chi connectivity index (χ0n) is 9.55. The van der Waals surface area contributed by atoms with E-state index in [1.807, 2.05) is 0 Å². The van der Waals surface area contributed by atoms with E-state index in [1.165, 1.54) is 0 Å². The summed E-state index contributed by atoms with van der Waals surface area (Å²) in [4.78, 5) is 14.0. The van der Waals surface area contributed by atoms with Gasteiger partial charge in [-0.15, -0.1) is 13.2 Å². The van der Waals surface area contributed by atoms with E-state index >= 15 is 0 Å². The highest BCUT2D eigenvalue weighted by Gasteiger charge is 2.33. The van der Waals surface area contributed by atoms with Gasteiger partial charge in [-0.05, 0) is 11.6 Å². The molecule has 1 aromatic heterocycles. The number of aromatic nitrogens is 1. The Morgan fingerprint density at radius 3 is 2.53 bits per heavy atom. The Balaban J connectivity index is 3.10. The van der Waals surface area contributed by atoms with Crippen molar-refractivity contribution in [2.24, 2.45) is 0 Å². The molecule has 0 aromatic carbocycles. The lowest BCUT2D eigenvalue weighted by Gasteiger charge is -2.11. The fraction of sp³-hybridized carbons (Fsp3) is 0.400. The molecule has 0 amide bonds. The summed E-state index contributed by atoms with van der Waals surface area (Å²) in [7, 11) is 1.06. The average Bonchev–Trinajstić information content (AvgIpc) is 2.30. The van der Waals surface area contributed by atoms with Gasteiger partial charge in [-0.2, -0.15) is 0 Å². The number of carbonyl (C=O) groups excluding carboxylic acids is 1. The number of alkyl halides is 4. The van der Waals surface area contributed by atoms with Crippen molar-refractivity contribution >= 4 is 5.97 Å². The number of nitrogens with zero attached hydrogens (tertiary/aromatic N) is 1. The monoisotopic (exact) mass is 285 g/mol. The van der Waals surface area contributed by atoms with Gasteiger partial charge in [0, 0.05) is 0 Å². The van der Waals surface area contributed by atoms with Crippen LogP contribution < -0.4 is 4.74 Å². The molecular formula is C10H8F5NO3. The minimum absolute atomic E-state index is 0.207. The van der Waals surface area contributed by atoms with Crippen LogP contribution >= 0.6 is 0 Å². The molecule has 9 heteroatoms. The third kappa shape index (κ3) is 4.34. The van der Waals surface area contributed by atoms with Gasteiger partial charge in [-0.3, -0.25) is 4.79 Å². The maximum atomic E-state index is 13.3. The summed E-state index contributed by atoms with van der Waals surface area (Å²) in [5.74, 6) is -3.65. The zero-order chi connectivity index (χ0) is 14.6. The summed E-state index contributed by atoms with van der Waals surface area (Å²) in [6.45, 7) is -1.28. The molecule has 19 heavy (non-hydrogen) atoms. The van der Waals surface area contributed by atoms with Gasteiger partial charge >= 0.3 is 12.3 Å². The first-order valence-corrected chi connectivity index (χ1v) is 4.83. The number of methoxy groups -OCH3 is 1. The number of pyridine rings is 1. The van der Waals surface area contributed by atoms with E-state index in [0.29, 0.717) is 6.07 Å². The predicted octanol–water partition coefficient (Wildman–Crippen LogP) is 2.30. The molecule has 0 saturated heterocycles. The van der Waals surface area contributed by atoms with E-state index in [4.69, 9.17) is 0 Å². The molecule has 4 nitrogen and oxygen atoms in total. The highest BCUT2D eigenvalue weighted by atomic mass is 19.4. The molecule has 1 heterocycles. The number of carbonyl (C=O) groups is 1. The molecule has 106 valence electrons.